The van der Waals surface area contributed by atoms with Crippen LogP contribution in [-0.2, 0) is 9.47 Å². The molecule has 0 aromatic carbocycles. The van der Waals surface area contributed by atoms with Crippen LogP contribution in [0.25, 0.3) is 0 Å². The number of nitrogens with two attached hydrogens (primary N) is 1. The Kier molecular flexibility index (Phi) is 4.03. The van der Waals surface area contributed by atoms with Crippen LogP contribution >= 0.6 is 23.2 Å². The van der Waals surface area contributed by atoms with Crippen LogP contribution in [-0.4, -0.2) is 44.9 Å². The molecule has 0 aliphatic carbocycles. The zero-order chi connectivity index (χ0) is 14.2. The fourth-order valence-electron chi connectivity index (χ4n) is 1.87. The van der Waals surface area contributed by atoms with Crippen molar-refractivity contribution in [2.75, 3.05) is 19.5 Å². The molecule has 3 atom stereocenters. The summed E-state index contributed by atoms with van der Waals surface area (Å²) in [6.45, 7) is 0.0933. The third-order valence-corrected chi connectivity index (χ3v) is 3.64. The number of ether oxygens (including phenoxy) is 2. The minimum Gasteiger partial charge on any atom is -0.387 e. The number of alkyl halides is 2. The molecule has 1 aromatic heterocycles. The molecule has 7 nitrogen and oxygen atoms in total. The van der Waals surface area contributed by atoms with E-state index in [1.165, 1.54) is 19.4 Å². The van der Waals surface area contributed by atoms with E-state index < -0.39 is 28.5 Å². The van der Waals surface area contributed by atoms with Gasteiger partial charge in [-0.3, -0.25) is 4.57 Å². The number of nitrogen functional groups attached to an aromatic ring is 1. The topological polar surface area (TPSA) is 99.6 Å². The Balaban J connectivity index is 2.36. The van der Waals surface area contributed by atoms with Crippen LogP contribution in [0.5, 0.6) is 0 Å². The Hall–Kier alpha value is -0.860. The minimum atomic E-state index is -1.69. The molecular weight excluding hydrogens is 297 g/mol. The van der Waals surface area contributed by atoms with Gasteiger partial charge < -0.3 is 20.3 Å². The highest BCUT2D eigenvalue weighted by Gasteiger charge is 2.55. The van der Waals surface area contributed by atoms with Gasteiger partial charge in [-0.05, 0) is 6.07 Å². The van der Waals surface area contributed by atoms with Gasteiger partial charge in [-0.15, -0.1) is 0 Å². The van der Waals surface area contributed by atoms with Crippen LogP contribution < -0.4 is 11.4 Å². The molecule has 19 heavy (non-hydrogen) atoms. The lowest BCUT2D eigenvalue weighted by Gasteiger charge is -2.23. The molecule has 0 saturated carbocycles. The van der Waals surface area contributed by atoms with Gasteiger partial charge in [0.25, 0.3) is 0 Å². The first-order valence-corrected chi connectivity index (χ1v) is 6.18. The second-order valence-corrected chi connectivity index (χ2v) is 5.59. The van der Waals surface area contributed by atoms with Crippen LogP contribution in [0.4, 0.5) is 5.82 Å². The van der Waals surface area contributed by atoms with Crippen molar-refractivity contribution in [2.45, 2.75) is 22.8 Å². The summed E-state index contributed by atoms with van der Waals surface area (Å²) in [5.41, 5.74) is 4.73. The monoisotopic (exact) mass is 309 g/mol. The summed E-state index contributed by atoms with van der Waals surface area (Å²) in [6, 6.07) is 1.41. The maximum Gasteiger partial charge on any atom is 0.351 e. The van der Waals surface area contributed by atoms with Crippen LogP contribution in [0.1, 0.15) is 6.23 Å². The zero-order valence-corrected chi connectivity index (χ0v) is 11.5. The van der Waals surface area contributed by atoms with Crippen molar-refractivity contribution in [3.63, 3.8) is 0 Å². The van der Waals surface area contributed by atoms with Crippen molar-refractivity contribution >= 4 is 29.0 Å². The summed E-state index contributed by atoms with van der Waals surface area (Å²) in [4.78, 5) is 15.3. The summed E-state index contributed by atoms with van der Waals surface area (Å²) >= 11 is 12.2. The van der Waals surface area contributed by atoms with E-state index in [9.17, 15) is 9.90 Å². The van der Waals surface area contributed by atoms with Crippen molar-refractivity contribution in [3.8, 4) is 0 Å². The summed E-state index contributed by atoms with van der Waals surface area (Å²) in [5.74, 6) is 0.0722. The molecule has 1 aliphatic rings. The number of hydrogen-bond acceptors (Lipinski definition) is 6. The highest BCUT2D eigenvalue weighted by atomic mass is 35.5. The summed E-state index contributed by atoms with van der Waals surface area (Å²) < 4.78 is 9.77. The number of aliphatic hydroxyl groups excluding tert-OH is 1. The molecule has 0 amide bonds. The number of aromatic nitrogens is 2. The van der Waals surface area contributed by atoms with Gasteiger partial charge >= 0.3 is 5.69 Å². The number of aliphatic hydroxyl groups is 1. The van der Waals surface area contributed by atoms with E-state index >= 15 is 0 Å². The van der Waals surface area contributed by atoms with Gasteiger partial charge in [0.15, 0.2) is 10.6 Å². The highest BCUT2D eigenvalue weighted by Crippen LogP contribution is 2.46. The molecule has 106 valence electrons. The van der Waals surface area contributed by atoms with Crippen molar-refractivity contribution in [1.82, 2.24) is 9.55 Å². The van der Waals surface area contributed by atoms with E-state index in [0.717, 1.165) is 4.57 Å². The lowest BCUT2D eigenvalue weighted by Crippen LogP contribution is -2.40. The number of methoxy groups -OCH3 is 1. The van der Waals surface area contributed by atoms with E-state index in [1.807, 2.05) is 0 Å². The minimum absolute atomic E-state index is 0.0722. The third kappa shape index (κ3) is 2.56. The molecular formula is C10H13Cl2N3O4. The van der Waals surface area contributed by atoms with Crippen molar-refractivity contribution < 1.29 is 14.6 Å². The predicted molar refractivity (Wildman–Crippen MR) is 69.1 cm³/mol. The molecule has 2 heterocycles. The molecule has 2 rings (SSSR count). The molecule has 1 fully saturated rings. The van der Waals surface area contributed by atoms with Gasteiger partial charge in [0.1, 0.15) is 18.0 Å². The lowest BCUT2D eigenvalue weighted by atomic mass is 10.2. The summed E-state index contributed by atoms with van der Waals surface area (Å²) in [6.07, 6.45) is -1.66. The van der Waals surface area contributed by atoms with E-state index in [1.54, 1.807) is 0 Å². The molecule has 0 spiro atoms. The Morgan fingerprint density at radius 3 is 2.95 bits per heavy atom. The Morgan fingerprint density at radius 2 is 2.37 bits per heavy atom. The normalized spacial score (nSPS) is 29.6. The van der Waals surface area contributed by atoms with Crippen LogP contribution in [0.3, 0.4) is 0 Å². The summed E-state index contributed by atoms with van der Waals surface area (Å²) in [5, 5.41) is 10.00. The first-order valence-electron chi connectivity index (χ1n) is 5.43. The Labute approximate surface area is 118 Å². The number of halogens is 2. The van der Waals surface area contributed by atoms with Crippen molar-refractivity contribution in [2.24, 2.45) is 0 Å². The number of rotatable bonds is 3. The van der Waals surface area contributed by atoms with Gasteiger partial charge in [-0.2, -0.15) is 4.98 Å². The average molecular weight is 310 g/mol. The molecule has 3 N–H and O–H groups in total. The van der Waals surface area contributed by atoms with Gasteiger partial charge in [0, 0.05) is 13.3 Å². The molecule has 3 unspecified atom stereocenters. The van der Waals surface area contributed by atoms with Gasteiger partial charge in [0.05, 0.1) is 6.61 Å². The fraction of sp³-hybridized carbons (Fsp3) is 0.600. The Morgan fingerprint density at radius 1 is 1.68 bits per heavy atom. The van der Waals surface area contributed by atoms with E-state index in [2.05, 4.69) is 4.98 Å². The molecule has 0 radical (unpaired) electrons. The SMILES string of the molecule is COCC1OC(n2ccc(N)nc2=O)C(Cl)(Cl)C1O. The second kappa shape index (κ2) is 5.26. The van der Waals surface area contributed by atoms with Crippen LogP contribution in [0, 0.1) is 0 Å². The number of hydrogen-bond donors (Lipinski definition) is 2. The highest BCUT2D eigenvalue weighted by molar-refractivity contribution is 6.49. The smallest absolute Gasteiger partial charge is 0.351 e. The first-order chi connectivity index (χ1) is 8.87. The quantitative estimate of drug-likeness (QED) is 0.757. The molecule has 1 aromatic rings. The maximum atomic E-state index is 11.7. The second-order valence-electron chi connectivity index (χ2n) is 4.14. The summed E-state index contributed by atoms with van der Waals surface area (Å²) in [7, 11) is 1.45. The predicted octanol–water partition coefficient (Wildman–Crippen LogP) is -0.0959. The molecule has 0 bridgehead atoms. The number of nitrogens with zero attached hydrogens (tertiary/aromatic N) is 2. The fourth-order valence-corrected chi connectivity index (χ4v) is 2.47. The molecule has 1 aliphatic heterocycles. The molecule has 9 heteroatoms. The van der Waals surface area contributed by atoms with E-state index in [0.29, 0.717) is 0 Å². The van der Waals surface area contributed by atoms with E-state index in [-0.39, 0.29) is 12.4 Å². The largest absolute Gasteiger partial charge is 0.387 e. The van der Waals surface area contributed by atoms with Crippen LogP contribution in [0.2, 0.25) is 0 Å². The van der Waals surface area contributed by atoms with Crippen molar-refractivity contribution in [1.29, 1.82) is 0 Å². The van der Waals surface area contributed by atoms with Gasteiger partial charge in [0.2, 0.25) is 0 Å². The average Bonchev–Trinajstić information content (AvgIpc) is 2.54. The standard InChI is InChI=1S/C10H13Cl2N3O4/c1-18-4-5-7(16)10(11,12)8(19-5)15-3-2-6(13)14-9(15)17/h2-3,5,7-8,16H,4H2,1H3,(H2,13,14,17). The zero-order valence-electron chi connectivity index (χ0n) is 9.99. The molecule has 1 saturated heterocycles. The Bertz CT molecular complexity index is 522. The third-order valence-electron chi connectivity index (χ3n) is 2.81. The lowest BCUT2D eigenvalue weighted by molar-refractivity contribution is -0.0548. The maximum absolute atomic E-state index is 11.7. The first kappa shape index (κ1) is 14.5. The van der Waals surface area contributed by atoms with Crippen molar-refractivity contribution in [3.05, 3.63) is 22.7 Å². The van der Waals surface area contributed by atoms with Crippen LogP contribution in [0.15, 0.2) is 17.1 Å². The van der Waals surface area contributed by atoms with E-state index in [4.69, 9.17) is 38.4 Å². The number of anilines is 1. The van der Waals surface area contributed by atoms with Gasteiger partial charge in [-0.25, -0.2) is 4.79 Å². The van der Waals surface area contributed by atoms with Gasteiger partial charge in [-0.1, -0.05) is 23.2 Å².